The Balaban J connectivity index is 2.33. The first-order valence-electron chi connectivity index (χ1n) is 6.94. The molecule has 4 nitrogen and oxygen atoms in total. The quantitative estimate of drug-likeness (QED) is 0.248. The van der Waals surface area contributed by atoms with Crippen LogP contribution in [0.3, 0.4) is 0 Å². The summed E-state index contributed by atoms with van der Waals surface area (Å²) in [5.74, 6) is 6.08. The lowest BCUT2D eigenvalue weighted by Gasteiger charge is -1.93. The van der Waals surface area contributed by atoms with Crippen LogP contribution in [0.2, 0.25) is 0 Å². The van der Waals surface area contributed by atoms with Crippen LogP contribution >= 0.6 is 0 Å². The van der Waals surface area contributed by atoms with E-state index in [0.717, 1.165) is 18.4 Å². The number of aliphatic imine (C=N–C) groups is 1. The number of rotatable bonds is 7. The molecule has 1 aromatic carbocycles. The van der Waals surface area contributed by atoms with Crippen LogP contribution in [0.5, 0.6) is 0 Å². The van der Waals surface area contributed by atoms with Gasteiger partial charge in [-0.25, -0.2) is 0 Å². The number of nitrogens with zero attached hydrogens (tertiary/aromatic N) is 2. The lowest BCUT2D eigenvalue weighted by Crippen LogP contribution is -1.89. The Morgan fingerprint density at radius 2 is 2.15 bits per heavy atom. The molecule has 4 heteroatoms. The molecule has 0 aliphatic carbocycles. The zero-order valence-electron chi connectivity index (χ0n) is 11.8. The average Bonchev–Trinajstić information content (AvgIpc) is 2.46. The molecule has 0 bridgehead atoms. The molecule has 0 radical (unpaired) electrons. The van der Waals surface area contributed by atoms with Gasteiger partial charge in [0.15, 0.2) is 0 Å². The van der Waals surface area contributed by atoms with Crippen LogP contribution in [-0.4, -0.2) is 17.7 Å². The molecule has 0 N–H and O–H groups in total. The smallest absolute Gasteiger partial charge is 0.270 e. The highest BCUT2D eigenvalue weighted by molar-refractivity contribution is 5.80. The van der Waals surface area contributed by atoms with E-state index >= 15 is 0 Å². The Morgan fingerprint density at radius 3 is 2.90 bits per heavy atom. The Hall–Kier alpha value is -2.15. The van der Waals surface area contributed by atoms with Crippen LogP contribution in [0, 0.1) is 22.0 Å². The summed E-state index contributed by atoms with van der Waals surface area (Å²) in [5.41, 5.74) is 0.805. The SMILES string of the molecule is CCCCCCC#CCN=Cc1cccc([N+](=O)[O-])c1. The zero-order valence-corrected chi connectivity index (χ0v) is 11.8. The fourth-order valence-electron chi connectivity index (χ4n) is 1.70. The standard InChI is InChI=1S/C16H20N2O2/c1-2-3-4-5-6-7-8-12-17-14-15-10-9-11-16(13-15)18(19)20/h9-11,13-14H,2-6,12H2,1H3. The van der Waals surface area contributed by atoms with Crippen molar-refractivity contribution in [3.05, 3.63) is 39.9 Å². The summed E-state index contributed by atoms with van der Waals surface area (Å²) in [5, 5.41) is 10.6. The highest BCUT2D eigenvalue weighted by Crippen LogP contribution is 2.11. The second-order valence-corrected chi connectivity index (χ2v) is 4.49. The third-order valence-electron chi connectivity index (χ3n) is 2.77. The van der Waals surface area contributed by atoms with Gasteiger partial charge in [0.05, 0.1) is 11.5 Å². The molecule has 0 aromatic heterocycles. The summed E-state index contributed by atoms with van der Waals surface area (Å²) in [6, 6.07) is 6.41. The van der Waals surface area contributed by atoms with Crippen molar-refractivity contribution < 1.29 is 4.92 Å². The first-order chi connectivity index (χ1) is 9.74. The van der Waals surface area contributed by atoms with Gasteiger partial charge in [-0.15, -0.1) is 5.92 Å². The van der Waals surface area contributed by atoms with E-state index in [1.165, 1.54) is 31.4 Å². The number of nitro groups is 1. The number of unbranched alkanes of at least 4 members (excludes halogenated alkanes) is 4. The fraction of sp³-hybridized carbons (Fsp3) is 0.438. The Morgan fingerprint density at radius 1 is 1.30 bits per heavy atom. The maximum Gasteiger partial charge on any atom is 0.270 e. The fourth-order valence-corrected chi connectivity index (χ4v) is 1.70. The highest BCUT2D eigenvalue weighted by Gasteiger charge is 2.03. The lowest BCUT2D eigenvalue weighted by molar-refractivity contribution is -0.384. The van der Waals surface area contributed by atoms with Gasteiger partial charge in [-0.2, -0.15) is 0 Å². The summed E-state index contributed by atoms with van der Waals surface area (Å²) in [4.78, 5) is 14.4. The predicted molar refractivity (Wildman–Crippen MR) is 82.1 cm³/mol. The van der Waals surface area contributed by atoms with E-state index in [0.29, 0.717) is 6.54 Å². The van der Waals surface area contributed by atoms with E-state index in [2.05, 4.69) is 23.8 Å². The van der Waals surface area contributed by atoms with Crippen molar-refractivity contribution in [2.75, 3.05) is 6.54 Å². The average molecular weight is 272 g/mol. The second kappa shape index (κ2) is 9.74. The molecular formula is C16H20N2O2. The van der Waals surface area contributed by atoms with Crippen molar-refractivity contribution in [2.45, 2.75) is 39.0 Å². The van der Waals surface area contributed by atoms with Crippen molar-refractivity contribution in [1.29, 1.82) is 0 Å². The van der Waals surface area contributed by atoms with E-state index < -0.39 is 4.92 Å². The van der Waals surface area contributed by atoms with Gasteiger partial charge in [-0.05, 0) is 12.0 Å². The molecule has 0 aliphatic heterocycles. The first kappa shape index (κ1) is 15.9. The number of hydrogen-bond donors (Lipinski definition) is 0. The van der Waals surface area contributed by atoms with E-state index in [1.54, 1.807) is 18.3 Å². The van der Waals surface area contributed by atoms with Gasteiger partial charge in [-0.3, -0.25) is 15.1 Å². The molecule has 0 aliphatic rings. The third-order valence-corrected chi connectivity index (χ3v) is 2.77. The van der Waals surface area contributed by atoms with Crippen LogP contribution in [-0.2, 0) is 0 Å². The molecule has 106 valence electrons. The van der Waals surface area contributed by atoms with Crippen LogP contribution in [0.1, 0.15) is 44.6 Å². The Labute approximate surface area is 120 Å². The van der Waals surface area contributed by atoms with Crippen molar-refractivity contribution in [3.63, 3.8) is 0 Å². The predicted octanol–water partition coefficient (Wildman–Crippen LogP) is 3.99. The summed E-state index contributed by atoms with van der Waals surface area (Å²) in [7, 11) is 0. The van der Waals surface area contributed by atoms with Crippen molar-refractivity contribution >= 4 is 11.9 Å². The minimum absolute atomic E-state index is 0.0796. The van der Waals surface area contributed by atoms with E-state index in [1.807, 2.05) is 0 Å². The van der Waals surface area contributed by atoms with Crippen LogP contribution in [0.25, 0.3) is 0 Å². The number of non-ortho nitro benzene ring substituents is 1. The molecule has 0 spiro atoms. The van der Waals surface area contributed by atoms with Crippen molar-refractivity contribution in [3.8, 4) is 11.8 Å². The molecule has 20 heavy (non-hydrogen) atoms. The summed E-state index contributed by atoms with van der Waals surface area (Å²) in [6.07, 6.45) is 7.44. The summed E-state index contributed by atoms with van der Waals surface area (Å²) in [6.45, 7) is 2.63. The minimum atomic E-state index is -0.409. The molecule has 0 amide bonds. The molecule has 0 saturated heterocycles. The zero-order chi connectivity index (χ0) is 14.6. The van der Waals surface area contributed by atoms with E-state index in [4.69, 9.17) is 0 Å². The largest absolute Gasteiger partial charge is 0.280 e. The lowest BCUT2D eigenvalue weighted by atomic mass is 10.2. The van der Waals surface area contributed by atoms with Gasteiger partial charge in [-0.1, -0.05) is 44.2 Å². The molecule has 0 saturated carbocycles. The number of benzene rings is 1. The van der Waals surface area contributed by atoms with Crippen molar-refractivity contribution in [2.24, 2.45) is 4.99 Å². The van der Waals surface area contributed by atoms with Gasteiger partial charge in [0.2, 0.25) is 0 Å². The third kappa shape index (κ3) is 6.69. The monoisotopic (exact) mass is 272 g/mol. The van der Waals surface area contributed by atoms with Crippen LogP contribution in [0.15, 0.2) is 29.3 Å². The first-order valence-corrected chi connectivity index (χ1v) is 6.94. The van der Waals surface area contributed by atoms with E-state index in [-0.39, 0.29) is 5.69 Å². The van der Waals surface area contributed by atoms with Gasteiger partial charge >= 0.3 is 0 Å². The maximum atomic E-state index is 10.6. The number of hydrogen-bond acceptors (Lipinski definition) is 3. The Kier molecular flexibility index (Phi) is 7.74. The van der Waals surface area contributed by atoms with Crippen LogP contribution < -0.4 is 0 Å². The molecular weight excluding hydrogens is 252 g/mol. The molecule has 1 rings (SSSR count). The topological polar surface area (TPSA) is 55.5 Å². The van der Waals surface area contributed by atoms with Gasteiger partial charge in [0.1, 0.15) is 0 Å². The van der Waals surface area contributed by atoms with Gasteiger partial charge in [0.25, 0.3) is 5.69 Å². The number of nitro benzene ring substituents is 1. The summed E-state index contributed by atoms with van der Waals surface area (Å²) >= 11 is 0. The van der Waals surface area contributed by atoms with E-state index in [9.17, 15) is 10.1 Å². The van der Waals surface area contributed by atoms with Gasteiger partial charge < -0.3 is 0 Å². The highest BCUT2D eigenvalue weighted by atomic mass is 16.6. The summed E-state index contributed by atoms with van der Waals surface area (Å²) < 4.78 is 0. The molecule has 0 heterocycles. The maximum absolute atomic E-state index is 10.6. The normalized spacial score (nSPS) is 10.2. The molecule has 0 atom stereocenters. The molecule has 0 unspecified atom stereocenters. The Bertz CT molecular complexity index is 513. The second-order valence-electron chi connectivity index (χ2n) is 4.49. The molecule has 0 fully saturated rings. The van der Waals surface area contributed by atoms with Crippen LogP contribution in [0.4, 0.5) is 5.69 Å². The molecule has 1 aromatic rings. The van der Waals surface area contributed by atoms with Gasteiger partial charge in [0, 0.05) is 24.8 Å². The minimum Gasteiger partial charge on any atom is -0.280 e. The van der Waals surface area contributed by atoms with Crippen molar-refractivity contribution in [1.82, 2.24) is 0 Å².